The summed E-state index contributed by atoms with van der Waals surface area (Å²) in [7, 11) is 4.29. The number of amides is 7. The summed E-state index contributed by atoms with van der Waals surface area (Å²) in [4.78, 5) is 149. The van der Waals surface area contributed by atoms with Crippen LogP contribution in [0.25, 0.3) is 0 Å². The molecule has 1 aromatic rings. The van der Waals surface area contributed by atoms with Gasteiger partial charge in [0.2, 0.25) is 35.4 Å². The molecule has 22 heteroatoms. The van der Waals surface area contributed by atoms with Crippen LogP contribution in [0, 0.1) is 29.6 Å². The van der Waals surface area contributed by atoms with Crippen molar-refractivity contribution >= 4 is 59.1 Å². The van der Waals surface area contributed by atoms with Gasteiger partial charge in [-0.25, -0.2) is 4.79 Å². The lowest BCUT2D eigenvalue weighted by Gasteiger charge is -2.36. The molecule has 13 atom stereocenters. The van der Waals surface area contributed by atoms with Gasteiger partial charge in [0.05, 0.1) is 31.6 Å². The van der Waals surface area contributed by atoms with Gasteiger partial charge in [-0.1, -0.05) is 73.9 Å². The molecule has 0 radical (unpaired) electrons. The van der Waals surface area contributed by atoms with Crippen LogP contribution >= 0.6 is 0 Å². The molecule has 79 heavy (non-hydrogen) atoms. The molecule has 0 bridgehead atoms. The summed E-state index contributed by atoms with van der Waals surface area (Å²) in [5, 5.41) is 30.2. The van der Waals surface area contributed by atoms with Crippen LogP contribution in [0.4, 0.5) is 0 Å². The number of carbonyl (C=O) groups excluding carboxylic acids is 10. The van der Waals surface area contributed by atoms with E-state index in [0.29, 0.717) is 30.6 Å². The Morgan fingerprint density at radius 3 is 2.06 bits per heavy atom. The topological polar surface area (TPSA) is 288 Å². The Bertz CT molecular complexity index is 2330. The molecule has 3 saturated heterocycles. The number of likely N-dealkylation sites (tertiary alicyclic amines) is 1. The standard InChI is InChI=1S/C57H89N7O15/c1-15-33(8)46-44(66)29-45(67)79-49(32(6)7)48(68)34(9)50(69)58-39(26-30(2)3)54(73)64-25-17-19-41(64)56(75)62(13)43(28-37-20-22-38(77-14)23-21-37)57(76)78-36(11)47(52(71)59-46)60-51(70)42(27-31(4)5)61(12)55(74)40-18-16-24-63(40)53(72)35(10)65/h20-23,30-36,39-44,46-47,49,65-66H,15-19,24-29H2,1-14H3,(H,58,69)(H,59,71)(H,60,70)/t33-,34-,35-,36+,39+,40?,41-,42-,43-,44+,46+,47?,49-/m0/s1. The molecule has 0 aliphatic carbocycles. The molecule has 0 aromatic heterocycles. The van der Waals surface area contributed by atoms with Crippen molar-refractivity contribution < 1.29 is 72.4 Å². The van der Waals surface area contributed by atoms with Crippen LogP contribution in [-0.4, -0.2) is 190 Å². The highest BCUT2D eigenvalue weighted by Crippen LogP contribution is 2.27. The zero-order valence-corrected chi connectivity index (χ0v) is 48.8. The minimum absolute atomic E-state index is 0.0720. The van der Waals surface area contributed by atoms with Gasteiger partial charge in [-0.05, 0) is 101 Å². The third-order valence-corrected chi connectivity index (χ3v) is 15.5. The zero-order chi connectivity index (χ0) is 59.3. The van der Waals surface area contributed by atoms with E-state index in [1.54, 1.807) is 52.0 Å². The summed E-state index contributed by atoms with van der Waals surface area (Å²) < 4.78 is 17.2. The quantitative estimate of drug-likeness (QED) is 0.124. The molecule has 5 N–H and O–H groups in total. The number of ether oxygens (including phenoxy) is 3. The Hall–Kier alpha value is -6.16. The number of likely N-dealkylation sites (N-methyl/N-ethyl adjacent to an activating group) is 2. The first-order valence-electron chi connectivity index (χ1n) is 28.0. The van der Waals surface area contributed by atoms with Crippen LogP contribution in [-0.2, 0) is 63.8 Å². The number of carbonyl (C=O) groups is 10. The van der Waals surface area contributed by atoms with Crippen LogP contribution < -0.4 is 20.7 Å². The minimum Gasteiger partial charge on any atom is -0.497 e. The van der Waals surface area contributed by atoms with Gasteiger partial charge >= 0.3 is 11.9 Å². The van der Waals surface area contributed by atoms with E-state index in [0.717, 1.165) is 0 Å². The van der Waals surface area contributed by atoms with Crippen molar-refractivity contribution in [1.29, 1.82) is 0 Å². The average Bonchev–Trinajstić information content (AvgIpc) is 4.13. The van der Waals surface area contributed by atoms with Gasteiger partial charge in [-0.15, -0.1) is 0 Å². The number of aliphatic hydroxyl groups excluding tert-OH is 2. The Morgan fingerprint density at radius 1 is 0.861 bits per heavy atom. The molecule has 1 aromatic carbocycles. The predicted octanol–water partition coefficient (Wildman–Crippen LogP) is 2.32. The Kier molecular flexibility index (Phi) is 24.3. The van der Waals surface area contributed by atoms with E-state index in [4.69, 9.17) is 14.2 Å². The fourth-order valence-corrected chi connectivity index (χ4v) is 10.5. The normalized spacial score (nSPS) is 27.7. The lowest BCUT2D eigenvalue weighted by Crippen LogP contribution is -2.62. The maximum absolute atomic E-state index is 15.0. The summed E-state index contributed by atoms with van der Waals surface area (Å²) >= 11 is 0. The van der Waals surface area contributed by atoms with Crippen LogP contribution in [0.3, 0.4) is 0 Å². The number of esters is 2. The molecule has 22 nitrogen and oxygen atoms in total. The molecule has 0 spiro atoms. The van der Waals surface area contributed by atoms with E-state index >= 15 is 4.79 Å². The Labute approximate surface area is 465 Å². The largest absolute Gasteiger partial charge is 0.497 e. The molecule has 0 saturated carbocycles. The number of hydrogen-bond donors (Lipinski definition) is 5. The first-order chi connectivity index (χ1) is 37.0. The zero-order valence-electron chi connectivity index (χ0n) is 48.8. The first kappa shape index (κ1) is 65.4. The molecule has 3 fully saturated rings. The van der Waals surface area contributed by atoms with Crippen LogP contribution in [0.2, 0.25) is 0 Å². The maximum Gasteiger partial charge on any atom is 0.329 e. The molecule has 442 valence electrons. The molecule has 3 heterocycles. The number of benzene rings is 1. The second kappa shape index (κ2) is 29.3. The maximum atomic E-state index is 15.0. The lowest BCUT2D eigenvalue weighted by molar-refractivity contribution is -0.163. The second-order valence-corrected chi connectivity index (χ2v) is 23.0. The summed E-state index contributed by atoms with van der Waals surface area (Å²) in [6.45, 7) is 18.4. The highest BCUT2D eigenvalue weighted by Gasteiger charge is 2.46. The van der Waals surface area contributed by atoms with Gasteiger partial charge in [0.15, 0.2) is 11.9 Å². The van der Waals surface area contributed by atoms with Crippen molar-refractivity contribution in [3.8, 4) is 5.75 Å². The summed E-state index contributed by atoms with van der Waals surface area (Å²) in [5.41, 5.74) is 0.571. The van der Waals surface area contributed by atoms with Crippen molar-refractivity contribution in [2.24, 2.45) is 29.6 Å². The van der Waals surface area contributed by atoms with Gasteiger partial charge in [0.25, 0.3) is 5.91 Å². The predicted molar refractivity (Wildman–Crippen MR) is 290 cm³/mol. The first-order valence-corrected chi connectivity index (χ1v) is 28.0. The summed E-state index contributed by atoms with van der Waals surface area (Å²) in [6, 6.07) is -2.19. The van der Waals surface area contributed by atoms with Gasteiger partial charge in [0.1, 0.15) is 54.2 Å². The number of aliphatic hydroxyl groups is 2. The number of nitrogens with one attached hydrogen (secondary N) is 3. The van der Waals surface area contributed by atoms with Crippen molar-refractivity contribution in [2.75, 3.05) is 34.3 Å². The SMILES string of the molecule is CC[C@H](C)[C@H]1NC(=O)C(NC(=O)[C@H](CC(C)C)N(C)C(=O)C2CCCN2C(=O)[C@H](C)O)[C@@H](C)OC(=O)[C@H](Cc2ccc(OC)cc2)N(C)C(=O)[C@@H]2CCCN2C(=O)[C@@H](CC(C)C)NC(=O)[C@@H](C)C(=O)[C@H](C(C)C)OC(=O)C[C@H]1O. The number of cyclic esters (lactones) is 2. The molecule has 2 unspecified atom stereocenters. The molecule has 7 amide bonds. The molecule has 3 aliphatic heterocycles. The number of ketones is 1. The number of hydrogen-bond acceptors (Lipinski definition) is 15. The monoisotopic (exact) mass is 1110 g/mol. The van der Waals surface area contributed by atoms with Crippen LogP contribution in [0.5, 0.6) is 5.75 Å². The number of Topliss-reactive ketones (excluding diaryl/α,β-unsaturated/α-hetero) is 1. The van der Waals surface area contributed by atoms with Crippen molar-refractivity contribution in [3.05, 3.63) is 29.8 Å². The van der Waals surface area contributed by atoms with E-state index in [-0.39, 0.29) is 57.0 Å². The fraction of sp³-hybridized carbons (Fsp3) is 0.719. The average molecular weight is 1110 g/mol. The third-order valence-electron chi connectivity index (χ3n) is 15.5. The number of fused-ring (bicyclic) bond motifs is 1. The fourth-order valence-electron chi connectivity index (χ4n) is 10.5. The summed E-state index contributed by atoms with van der Waals surface area (Å²) in [5.74, 6) is -10.3. The number of methoxy groups -OCH3 is 1. The van der Waals surface area contributed by atoms with Crippen molar-refractivity contribution in [1.82, 2.24) is 35.6 Å². The van der Waals surface area contributed by atoms with Crippen LogP contribution in [0.1, 0.15) is 133 Å². The smallest absolute Gasteiger partial charge is 0.329 e. The molecular formula is C57H89N7O15. The van der Waals surface area contributed by atoms with E-state index in [1.807, 2.05) is 27.7 Å². The van der Waals surface area contributed by atoms with E-state index in [2.05, 4.69) is 16.0 Å². The van der Waals surface area contributed by atoms with E-state index in [9.17, 15) is 53.4 Å². The molecule has 4 rings (SSSR count). The highest BCUT2D eigenvalue weighted by atomic mass is 16.6. The van der Waals surface area contributed by atoms with E-state index in [1.165, 1.54) is 61.6 Å². The second-order valence-electron chi connectivity index (χ2n) is 23.0. The van der Waals surface area contributed by atoms with Gasteiger partial charge in [-0.3, -0.25) is 43.2 Å². The Morgan fingerprint density at radius 2 is 1.49 bits per heavy atom. The minimum atomic E-state index is -1.76. The molecular weight excluding hydrogens is 1020 g/mol. The highest BCUT2D eigenvalue weighted by molar-refractivity contribution is 6.05. The number of nitrogens with zero attached hydrogens (tertiary/aromatic N) is 4. The van der Waals surface area contributed by atoms with Crippen LogP contribution in [0.15, 0.2) is 24.3 Å². The Balaban J connectivity index is 1.89. The summed E-state index contributed by atoms with van der Waals surface area (Å²) in [6.07, 6.45) is -4.99. The third kappa shape index (κ3) is 16.9. The van der Waals surface area contributed by atoms with Crippen molar-refractivity contribution in [2.45, 2.75) is 201 Å². The van der Waals surface area contributed by atoms with Crippen molar-refractivity contribution in [3.63, 3.8) is 0 Å². The number of rotatable bonds is 15. The van der Waals surface area contributed by atoms with E-state index < -0.39 is 150 Å². The lowest BCUT2D eigenvalue weighted by atomic mass is 9.91. The van der Waals surface area contributed by atoms with Gasteiger partial charge in [-0.2, -0.15) is 0 Å². The van der Waals surface area contributed by atoms with Gasteiger partial charge < -0.3 is 60.0 Å². The molecule has 3 aliphatic rings. The van der Waals surface area contributed by atoms with Gasteiger partial charge in [0, 0.05) is 33.6 Å².